The molecule has 1 saturated heterocycles. The number of halogens is 1. The molecule has 106 valence electrons. The second-order valence-corrected chi connectivity index (χ2v) is 6.10. The van der Waals surface area contributed by atoms with Crippen molar-refractivity contribution in [1.29, 1.82) is 0 Å². The fourth-order valence-electron chi connectivity index (χ4n) is 3.19. The average molecular weight is 265 g/mol. The van der Waals surface area contributed by atoms with Crippen LogP contribution in [0.3, 0.4) is 0 Å². The van der Waals surface area contributed by atoms with Gasteiger partial charge in [-0.15, -0.1) is 0 Å². The van der Waals surface area contributed by atoms with Crippen molar-refractivity contribution in [2.45, 2.75) is 44.6 Å². The van der Waals surface area contributed by atoms with E-state index in [1.165, 1.54) is 5.56 Å². The zero-order valence-corrected chi connectivity index (χ0v) is 11.9. The van der Waals surface area contributed by atoms with E-state index in [-0.39, 0.29) is 11.4 Å². The molecule has 1 fully saturated rings. The second-order valence-electron chi connectivity index (χ2n) is 6.10. The zero-order valence-electron chi connectivity index (χ0n) is 11.9. The highest BCUT2D eigenvalue weighted by Gasteiger charge is 2.33. The normalized spacial score (nSPS) is 24.1. The van der Waals surface area contributed by atoms with Gasteiger partial charge in [0.1, 0.15) is 5.82 Å². The molecule has 1 heterocycles. The number of ether oxygens (including phenoxy) is 1. The van der Waals surface area contributed by atoms with Crippen molar-refractivity contribution in [1.82, 2.24) is 0 Å². The van der Waals surface area contributed by atoms with Gasteiger partial charge in [0, 0.05) is 6.61 Å². The molecule has 0 amide bonds. The summed E-state index contributed by atoms with van der Waals surface area (Å²) in [5.41, 5.74) is 6.91. The molecule has 1 aliphatic rings. The van der Waals surface area contributed by atoms with Gasteiger partial charge >= 0.3 is 0 Å². The molecule has 1 aromatic rings. The summed E-state index contributed by atoms with van der Waals surface area (Å²) in [6, 6.07) is 6.89. The molecule has 2 N–H and O–H groups in total. The zero-order chi connectivity index (χ0) is 13.9. The third-order valence-electron chi connectivity index (χ3n) is 4.08. The number of nitrogens with two attached hydrogens (primary N) is 1. The third-order valence-corrected chi connectivity index (χ3v) is 4.08. The van der Waals surface area contributed by atoms with Crippen LogP contribution in [-0.2, 0) is 4.74 Å². The van der Waals surface area contributed by atoms with Crippen LogP contribution in [0.2, 0.25) is 0 Å². The van der Waals surface area contributed by atoms with Crippen LogP contribution in [0.5, 0.6) is 0 Å². The molecule has 0 bridgehead atoms. The van der Waals surface area contributed by atoms with Crippen molar-refractivity contribution < 1.29 is 9.13 Å². The fraction of sp³-hybridized carbons (Fsp3) is 0.625. The van der Waals surface area contributed by atoms with Crippen molar-refractivity contribution >= 4 is 0 Å². The molecule has 2 nitrogen and oxygen atoms in total. The summed E-state index contributed by atoms with van der Waals surface area (Å²) < 4.78 is 18.8. The smallest absolute Gasteiger partial charge is 0.123 e. The second kappa shape index (κ2) is 6.02. The lowest BCUT2D eigenvalue weighted by Crippen LogP contribution is -2.36. The lowest BCUT2D eigenvalue weighted by Gasteiger charge is -2.39. The molecule has 0 spiro atoms. The van der Waals surface area contributed by atoms with Gasteiger partial charge in [0.15, 0.2) is 0 Å². The molecule has 1 aliphatic heterocycles. The quantitative estimate of drug-likeness (QED) is 0.904. The summed E-state index contributed by atoms with van der Waals surface area (Å²) in [5, 5.41) is 0. The first kappa shape index (κ1) is 14.5. The summed E-state index contributed by atoms with van der Waals surface area (Å²) in [4.78, 5) is 0. The molecule has 0 radical (unpaired) electrons. The Balaban J connectivity index is 2.17. The minimum absolute atomic E-state index is 0.0597. The lowest BCUT2D eigenvalue weighted by atomic mass is 9.75. The minimum atomic E-state index is -0.178. The van der Waals surface area contributed by atoms with Crippen molar-refractivity contribution in [3.05, 3.63) is 35.6 Å². The van der Waals surface area contributed by atoms with E-state index in [2.05, 4.69) is 13.8 Å². The van der Waals surface area contributed by atoms with Crippen molar-refractivity contribution in [3.63, 3.8) is 0 Å². The maximum atomic E-state index is 13.1. The first-order valence-corrected chi connectivity index (χ1v) is 7.11. The van der Waals surface area contributed by atoms with E-state index < -0.39 is 0 Å². The molecular weight excluding hydrogens is 241 g/mol. The predicted molar refractivity (Wildman–Crippen MR) is 75.6 cm³/mol. The van der Waals surface area contributed by atoms with Crippen LogP contribution in [0.15, 0.2) is 24.3 Å². The number of benzene rings is 1. The number of hydrogen-bond donors (Lipinski definition) is 1. The molecule has 2 rings (SSSR count). The maximum Gasteiger partial charge on any atom is 0.123 e. The number of rotatable bonds is 4. The van der Waals surface area contributed by atoms with Crippen molar-refractivity contribution in [2.24, 2.45) is 11.7 Å². The largest absolute Gasteiger partial charge is 0.376 e. The summed E-state index contributed by atoms with van der Waals surface area (Å²) >= 11 is 0. The lowest BCUT2D eigenvalue weighted by molar-refractivity contribution is -0.0771. The minimum Gasteiger partial charge on any atom is -0.376 e. The molecule has 2 atom stereocenters. The first-order valence-electron chi connectivity index (χ1n) is 7.11. The Morgan fingerprint density at radius 3 is 2.63 bits per heavy atom. The Morgan fingerprint density at radius 2 is 2.05 bits per heavy atom. The van der Waals surface area contributed by atoms with E-state index in [9.17, 15) is 4.39 Å². The monoisotopic (exact) mass is 265 g/mol. The predicted octanol–water partition coefficient (Wildman–Crippen LogP) is 3.46. The molecule has 0 aromatic heterocycles. The molecule has 0 aliphatic carbocycles. The van der Waals surface area contributed by atoms with E-state index in [4.69, 9.17) is 10.5 Å². The SMILES string of the molecule is CC1(C)C[C@@H]([C@H](CCN)c2ccc(F)cc2)CCO1. The molecule has 1 aromatic carbocycles. The third kappa shape index (κ3) is 3.77. The van der Waals surface area contributed by atoms with Crippen LogP contribution < -0.4 is 5.73 Å². The highest BCUT2D eigenvalue weighted by atomic mass is 19.1. The van der Waals surface area contributed by atoms with Gasteiger partial charge < -0.3 is 10.5 Å². The van der Waals surface area contributed by atoms with E-state index in [0.717, 1.165) is 25.9 Å². The number of hydrogen-bond acceptors (Lipinski definition) is 2. The van der Waals surface area contributed by atoms with Gasteiger partial charge in [0.25, 0.3) is 0 Å². The average Bonchev–Trinajstić information content (AvgIpc) is 2.36. The van der Waals surface area contributed by atoms with Gasteiger partial charge in [-0.25, -0.2) is 4.39 Å². The summed E-state index contributed by atoms with van der Waals surface area (Å²) in [5.74, 6) is 0.800. The van der Waals surface area contributed by atoms with Gasteiger partial charge in [0.2, 0.25) is 0 Å². The Bertz CT molecular complexity index is 402. The topological polar surface area (TPSA) is 35.2 Å². The summed E-state index contributed by atoms with van der Waals surface area (Å²) in [7, 11) is 0. The molecule has 19 heavy (non-hydrogen) atoms. The van der Waals surface area contributed by atoms with Crippen LogP contribution in [0.25, 0.3) is 0 Å². The highest BCUT2D eigenvalue weighted by molar-refractivity contribution is 5.21. The molecule has 3 heteroatoms. The van der Waals surface area contributed by atoms with Gasteiger partial charge in [0.05, 0.1) is 5.60 Å². The van der Waals surface area contributed by atoms with E-state index in [1.807, 2.05) is 12.1 Å². The molecule has 0 saturated carbocycles. The van der Waals surface area contributed by atoms with Crippen LogP contribution in [0.1, 0.15) is 44.6 Å². The van der Waals surface area contributed by atoms with Crippen LogP contribution >= 0.6 is 0 Å². The van der Waals surface area contributed by atoms with E-state index >= 15 is 0 Å². The molecule has 0 unspecified atom stereocenters. The highest BCUT2D eigenvalue weighted by Crippen LogP contribution is 2.39. The fourth-order valence-corrected chi connectivity index (χ4v) is 3.19. The molecular formula is C16H24FNO. The van der Waals surface area contributed by atoms with Crippen LogP contribution in [0, 0.1) is 11.7 Å². The Hall–Kier alpha value is -0.930. The van der Waals surface area contributed by atoms with Gasteiger partial charge in [-0.2, -0.15) is 0 Å². The Labute approximate surface area is 115 Å². The summed E-state index contributed by atoms with van der Waals surface area (Å²) in [6.45, 7) is 5.76. The maximum absolute atomic E-state index is 13.1. The van der Waals surface area contributed by atoms with Crippen LogP contribution in [0.4, 0.5) is 4.39 Å². The van der Waals surface area contributed by atoms with E-state index in [1.54, 1.807) is 12.1 Å². The first-order chi connectivity index (χ1) is 9.02. The standard InChI is InChI=1S/C16H24FNO/c1-16(2)11-13(8-10-19-16)15(7-9-18)12-3-5-14(17)6-4-12/h3-6,13,15H,7-11,18H2,1-2H3/t13-,15+/m0/s1. The van der Waals surface area contributed by atoms with Crippen molar-refractivity contribution in [2.75, 3.05) is 13.2 Å². The van der Waals surface area contributed by atoms with E-state index in [0.29, 0.717) is 18.4 Å². The van der Waals surface area contributed by atoms with Gasteiger partial charge in [-0.3, -0.25) is 0 Å². The summed E-state index contributed by atoms with van der Waals surface area (Å²) in [6.07, 6.45) is 3.05. The van der Waals surface area contributed by atoms with Gasteiger partial charge in [-0.05, 0) is 69.2 Å². The Morgan fingerprint density at radius 1 is 1.37 bits per heavy atom. The van der Waals surface area contributed by atoms with Crippen molar-refractivity contribution in [3.8, 4) is 0 Å². The van der Waals surface area contributed by atoms with Crippen LogP contribution in [-0.4, -0.2) is 18.8 Å². The Kier molecular flexibility index (Phi) is 4.58. The van der Waals surface area contributed by atoms with Gasteiger partial charge in [-0.1, -0.05) is 12.1 Å².